The van der Waals surface area contributed by atoms with Crippen LogP contribution in [0.3, 0.4) is 0 Å². The van der Waals surface area contributed by atoms with Crippen molar-refractivity contribution in [3.63, 3.8) is 0 Å². The number of hydrogen-bond acceptors (Lipinski definition) is 4. The summed E-state index contributed by atoms with van der Waals surface area (Å²) in [6.07, 6.45) is 4.30. The molecule has 2 aromatic heterocycles. The van der Waals surface area contributed by atoms with Crippen LogP contribution in [0.25, 0.3) is 22.3 Å². The predicted molar refractivity (Wildman–Crippen MR) is 114 cm³/mol. The van der Waals surface area contributed by atoms with E-state index >= 15 is 0 Å². The average molecular weight is 387 g/mol. The summed E-state index contributed by atoms with van der Waals surface area (Å²) >= 11 is 0. The summed E-state index contributed by atoms with van der Waals surface area (Å²) < 4.78 is 6.05. The number of nitrogens with zero attached hydrogens (tertiary/aromatic N) is 3. The Morgan fingerprint density at radius 2 is 1.83 bits per heavy atom. The molecule has 5 rings (SSSR count). The Hall–Kier alpha value is -3.12. The van der Waals surface area contributed by atoms with Crippen LogP contribution >= 0.6 is 0 Å². The third kappa shape index (κ3) is 4.03. The molecule has 0 saturated carbocycles. The van der Waals surface area contributed by atoms with E-state index in [1.165, 1.54) is 12.8 Å². The molecule has 29 heavy (non-hydrogen) atoms. The van der Waals surface area contributed by atoms with E-state index in [1.807, 2.05) is 48.5 Å². The number of hydrogen-bond donors (Lipinski definition) is 2. The fourth-order valence-electron chi connectivity index (χ4n) is 3.87. The Balaban J connectivity index is 1.28. The van der Waals surface area contributed by atoms with Gasteiger partial charge in [-0.1, -0.05) is 6.92 Å². The molecule has 4 aromatic rings. The minimum absolute atomic E-state index is 0.800. The zero-order valence-corrected chi connectivity index (χ0v) is 16.6. The van der Waals surface area contributed by atoms with Crippen LogP contribution < -0.4 is 4.74 Å². The molecule has 0 amide bonds. The first kappa shape index (κ1) is 17.9. The summed E-state index contributed by atoms with van der Waals surface area (Å²) in [5.41, 5.74) is 4.06. The van der Waals surface area contributed by atoms with E-state index in [2.05, 4.69) is 27.0 Å². The SMILES string of the molecule is CC1CCN(Cc2nc3ccc(Oc4ccc(-c5ccn[nH]5)cc4)cc3[nH]2)CC1. The number of aromatic nitrogens is 4. The minimum Gasteiger partial charge on any atom is -0.457 e. The zero-order valence-electron chi connectivity index (χ0n) is 16.6. The Kier molecular flexibility index (Phi) is 4.77. The van der Waals surface area contributed by atoms with Crippen LogP contribution in [0.4, 0.5) is 0 Å². The van der Waals surface area contributed by atoms with E-state index in [1.54, 1.807) is 6.20 Å². The quantitative estimate of drug-likeness (QED) is 0.507. The highest BCUT2D eigenvalue weighted by Crippen LogP contribution is 2.27. The van der Waals surface area contributed by atoms with Crippen LogP contribution in [0.5, 0.6) is 11.5 Å². The van der Waals surface area contributed by atoms with Crippen LogP contribution in [0.1, 0.15) is 25.6 Å². The molecule has 0 spiro atoms. The van der Waals surface area contributed by atoms with Gasteiger partial charge in [-0.25, -0.2) is 4.98 Å². The number of rotatable bonds is 5. The number of benzene rings is 2. The van der Waals surface area contributed by atoms with E-state index in [9.17, 15) is 0 Å². The highest BCUT2D eigenvalue weighted by molar-refractivity contribution is 5.77. The molecule has 6 nitrogen and oxygen atoms in total. The molecule has 0 unspecified atom stereocenters. The van der Waals surface area contributed by atoms with E-state index < -0.39 is 0 Å². The van der Waals surface area contributed by atoms with Crippen molar-refractivity contribution in [1.29, 1.82) is 0 Å². The number of aromatic amines is 2. The van der Waals surface area contributed by atoms with E-state index in [-0.39, 0.29) is 0 Å². The third-order valence-corrected chi connectivity index (χ3v) is 5.65. The Labute approximate surface area is 169 Å². The van der Waals surface area contributed by atoms with Crippen molar-refractivity contribution in [2.45, 2.75) is 26.3 Å². The maximum atomic E-state index is 6.05. The number of likely N-dealkylation sites (tertiary alicyclic amines) is 1. The monoisotopic (exact) mass is 387 g/mol. The summed E-state index contributed by atoms with van der Waals surface area (Å²) in [7, 11) is 0. The number of fused-ring (bicyclic) bond motifs is 1. The van der Waals surface area contributed by atoms with Crippen molar-refractivity contribution in [2.24, 2.45) is 5.92 Å². The van der Waals surface area contributed by atoms with Crippen molar-refractivity contribution in [3.8, 4) is 22.8 Å². The molecule has 3 heterocycles. The summed E-state index contributed by atoms with van der Waals surface area (Å²) in [6, 6.07) is 15.9. The molecule has 1 aliphatic heterocycles. The first-order chi connectivity index (χ1) is 14.2. The highest BCUT2D eigenvalue weighted by atomic mass is 16.5. The topological polar surface area (TPSA) is 69.8 Å². The molecule has 1 aliphatic rings. The summed E-state index contributed by atoms with van der Waals surface area (Å²) in [5.74, 6) is 3.47. The predicted octanol–water partition coefficient (Wildman–Crippen LogP) is 4.98. The molecule has 0 aliphatic carbocycles. The Morgan fingerprint density at radius 1 is 1.03 bits per heavy atom. The van der Waals surface area contributed by atoms with Crippen LogP contribution in [0.2, 0.25) is 0 Å². The Morgan fingerprint density at radius 3 is 2.59 bits per heavy atom. The lowest BCUT2D eigenvalue weighted by atomic mass is 9.99. The van der Waals surface area contributed by atoms with Crippen molar-refractivity contribution in [3.05, 3.63) is 60.6 Å². The second-order valence-corrected chi connectivity index (χ2v) is 7.92. The Bertz CT molecular complexity index is 1080. The van der Waals surface area contributed by atoms with Gasteiger partial charge in [0.05, 0.1) is 23.3 Å². The van der Waals surface area contributed by atoms with Crippen molar-refractivity contribution < 1.29 is 4.74 Å². The van der Waals surface area contributed by atoms with Crippen molar-refractivity contribution in [1.82, 2.24) is 25.1 Å². The maximum absolute atomic E-state index is 6.05. The van der Waals surface area contributed by atoms with Crippen LogP contribution in [0, 0.1) is 5.92 Å². The van der Waals surface area contributed by atoms with Gasteiger partial charge in [0, 0.05) is 12.3 Å². The molecule has 0 bridgehead atoms. The van der Waals surface area contributed by atoms with E-state index in [4.69, 9.17) is 9.72 Å². The molecular weight excluding hydrogens is 362 g/mol. The van der Waals surface area contributed by atoms with Gasteiger partial charge in [0.1, 0.15) is 17.3 Å². The first-order valence-electron chi connectivity index (χ1n) is 10.2. The standard InChI is InChI=1S/C23H25N5O/c1-16-9-12-28(13-10-16)15-23-25-21-7-6-19(14-22(21)26-23)29-18-4-2-17(3-5-18)20-8-11-24-27-20/h2-8,11,14,16H,9-10,12-13,15H2,1H3,(H,24,27)(H,25,26). The van der Waals surface area contributed by atoms with Gasteiger partial charge in [0.2, 0.25) is 0 Å². The molecular formula is C23H25N5O. The molecule has 6 heteroatoms. The van der Waals surface area contributed by atoms with Gasteiger partial charge in [0.25, 0.3) is 0 Å². The second kappa shape index (κ2) is 7.72. The van der Waals surface area contributed by atoms with Crippen LogP contribution in [-0.4, -0.2) is 38.2 Å². The molecule has 0 radical (unpaired) electrons. The number of imidazole rings is 1. The lowest BCUT2D eigenvalue weighted by Gasteiger charge is -2.29. The molecule has 148 valence electrons. The molecule has 2 N–H and O–H groups in total. The van der Waals surface area contributed by atoms with Gasteiger partial charge in [-0.2, -0.15) is 5.10 Å². The van der Waals surface area contributed by atoms with E-state index in [0.29, 0.717) is 0 Å². The normalized spacial score (nSPS) is 15.8. The molecule has 1 saturated heterocycles. The summed E-state index contributed by atoms with van der Waals surface area (Å²) in [4.78, 5) is 10.7. The highest BCUT2D eigenvalue weighted by Gasteiger charge is 2.17. The van der Waals surface area contributed by atoms with Gasteiger partial charge in [-0.3, -0.25) is 10.00 Å². The van der Waals surface area contributed by atoms with Gasteiger partial charge >= 0.3 is 0 Å². The number of piperidine rings is 1. The van der Waals surface area contributed by atoms with Gasteiger partial charge in [-0.15, -0.1) is 0 Å². The van der Waals surface area contributed by atoms with Crippen LogP contribution in [0.15, 0.2) is 54.7 Å². The molecule has 1 fully saturated rings. The van der Waals surface area contributed by atoms with E-state index in [0.717, 1.165) is 65.2 Å². The zero-order chi connectivity index (χ0) is 19.6. The van der Waals surface area contributed by atoms with Gasteiger partial charge < -0.3 is 9.72 Å². The number of ether oxygens (including phenoxy) is 1. The molecule has 2 aromatic carbocycles. The fourth-order valence-corrected chi connectivity index (χ4v) is 3.87. The van der Waals surface area contributed by atoms with Crippen molar-refractivity contribution >= 4 is 11.0 Å². The van der Waals surface area contributed by atoms with Gasteiger partial charge in [0.15, 0.2) is 0 Å². The molecule has 0 atom stereocenters. The average Bonchev–Trinajstić information content (AvgIpc) is 3.40. The lowest BCUT2D eigenvalue weighted by molar-refractivity contribution is 0.182. The third-order valence-electron chi connectivity index (χ3n) is 5.65. The smallest absolute Gasteiger partial charge is 0.129 e. The van der Waals surface area contributed by atoms with Crippen molar-refractivity contribution in [2.75, 3.05) is 13.1 Å². The number of H-pyrrole nitrogens is 2. The van der Waals surface area contributed by atoms with Crippen LogP contribution in [-0.2, 0) is 6.54 Å². The lowest BCUT2D eigenvalue weighted by Crippen LogP contribution is -2.32. The summed E-state index contributed by atoms with van der Waals surface area (Å²) in [5, 5.41) is 6.96. The fraction of sp³-hybridized carbons (Fsp3) is 0.304. The first-order valence-corrected chi connectivity index (χ1v) is 10.2. The summed E-state index contributed by atoms with van der Waals surface area (Å²) in [6.45, 7) is 5.53. The minimum atomic E-state index is 0.800. The van der Waals surface area contributed by atoms with Gasteiger partial charge in [-0.05, 0) is 79.9 Å². The maximum Gasteiger partial charge on any atom is 0.129 e. The largest absolute Gasteiger partial charge is 0.457 e. The number of nitrogens with one attached hydrogen (secondary N) is 2. The second-order valence-electron chi connectivity index (χ2n) is 7.92.